The summed E-state index contributed by atoms with van der Waals surface area (Å²) >= 11 is 0. The average Bonchev–Trinajstić information content (AvgIpc) is 3.56. The van der Waals surface area contributed by atoms with Gasteiger partial charge in [-0.2, -0.15) is 0 Å². The van der Waals surface area contributed by atoms with Crippen LogP contribution < -0.4 is 0 Å². The van der Waals surface area contributed by atoms with Crippen LogP contribution in [0, 0.1) is 0 Å². The third kappa shape index (κ3) is 5.70. The predicted octanol–water partition coefficient (Wildman–Crippen LogP) is 14.1. The molecule has 0 amide bonds. The van der Waals surface area contributed by atoms with Crippen molar-refractivity contribution in [2.24, 2.45) is 0 Å². The van der Waals surface area contributed by atoms with Crippen molar-refractivity contribution in [3.05, 3.63) is 169 Å². The molecule has 0 atom stereocenters. The number of rotatable bonds is 4. The maximum atomic E-state index is 5.10. The fourth-order valence-electron chi connectivity index (χ4n) is 7.97. The maximum Gasteiger partial charge on any atom is 0.145 e. The van der Waals surface area contributed by atoms with Gasteiger partial charge in [0.15, 0.2) is 0 Å². The van der Waals surface area contributed by atoms with Crippen molar-refractivity contribution in [2.75, 3.05) is 0 Å². The van der Waals surface area contributed by atoms with Crippen LogP contribution in [0.15, 0.2) is 158 Å². The van der Waals surface area contributed by atoms with Crippen molar-refractivity contribution in [1.29, 1.82) is 0 Å². The molecule has 258 valence electrons. The van der Waals surface area contributed by atoms with Crippen molar-refractivity contribution in [2.45, 2.75) is 52.4 Å². The standard InChI is InChI=1S/C51H44N2/c1-50(2,3)38-25-29-42-43(31-38)47(34-22-26-40(27-23-34)53-46-19-13-12-18-45(46)52-49(53)35-15-8-7-9-16-35)41-28-24-39(51(4,5)6)32-44(41)48(42)37-21-20-33-14-10-11-17-36(33)30-37/h7-32H,1-6H3. The van der Waals surface area contributed by atoms with Gasteiger partial charge in [-0.15, -0.1) is 0 Å². The molecule has 0 saturated heterocycles. The number of para-hydroxylation sites is 2. The summed E-state index contributed by atoms with van der Waals surface area (Å²) in [6, 6.07) is 58.1. The Kier molecular flexibility index (Phi) is 7.64. The van der Waals surface area contributed by atoms with Gasteiger partial charge in [-0.25, -0.2) is 4.98 Å². The molecular formula is C51H44N2. The van der Waals surface area contributed by atoms with Crippen molar-refractivity contribution >= 4 is 43.4 Å². The van der Waals surface area contributed by atoms with Gasteiger partial charge in [0.05, 0.1) is 11.0 Å². The van der Waals surface area contributed by atoms with Crippen molar-refractivity contribution < 1.29 is 0 Å². The average molecular weight is 685 g/mol. The molecule has 0 bridgehead atoms. The Labute approximate surface area is 312 Å². The third-order valence-electron chi connectivity index (χ3n) is 10.9. The molecule has 9 rings (SSSR count). The fourth-order valence-corrected chi connectivity index (χ4v) is 7.97. The van der Waals surface area contributed by atoms with Gasteiger partial charge < -0.3 is 0 Å². The first-order valence-corrected chi connectivity index (χ1v) is 18.7. The molecule has 0 aliphatic carbocycles. The van der Waals surface area contributed by atoms with E-state index in [0.717, 1.165) is 28.1 Å². The van der Waals surface area contributed by atoms with Crippen LogP contribution >= 0.6 is 0 Å². The monoisotopic (exact) mass is 684 g/mol. The van der Waals surface area contributed by atoms with Crippen LogP contribution in [0.4, 0.5) is 0 Å². The van der Waals surface area contributed by atoms with Crippen LogP contribution in [0.25, 0.3) is 82.7 Å². The minimum atomic E-state index is -0.000201. The molecule has 1 aromatic heterocycles. The zero-order chi connectivity index (χ0) is 36.5. The second-order valence-electron chi connectivity index (χ2n) is 16.5. The Morgan fingerprint density at radius 3 is 1.60 bits per heavy atom. The zero-order valence-corrected chi connectivity index (χ0v) is 31.4. The van der Waals surface area contributed by atoms with Crippen LogP contribution in [-0.2, 0) is 10.8 Å². The Bertz CT molecular complexity index is 2820. The molecule has 1 heterocycles. The number of hydrogen-bond donors (Lipinski definition) is 0. The lowest BCUT2D eigenvalue weighted by molar-refractivity contribution is 0.590. The van der Waals surface area contributed by atoms with Crippen LogP contribution in [-0.4, -0.2) is 9.55 Å². The molecular weight excluding hydrogens is 641 g/mol. The van der Waals surface area contributed by atoms with E-state index < -0.39 is 0 Å². The Morgan fingerprint density at radius 2 is 0.962 bits per heavy atom. The first-order chi connectivity index (χ1) is 25.5. The largest absolute Gasteiger partial charge is 0.292 e. The van der Waals surface area contributed by atoms with E-state index >= 15 is 0 Å². The molecule has 9 aromatic rings. The summed E-state index contributed by atoms with van der Waals surface area (Å²) in [5.41, 5.74) is 12.0. The van der Waals surface area contributed by atoms with Gasteiger partial charge in [-0.1, -0.05) is 157 Å². The van der Waals surface area contributed by atoms with Gasteiger partial charge in [-0.3, -0.25) is 4.57 Å². The van der Waals surface area contributed by atoms with E-state index in [9.17, 15) is 0 Å². The predicted molar refractivity (Wildman–Crippen MR) is 227 cm³/mol. The molecule has 0 fully saturated rings. The normalized spacial score (nSPS) is 12.3. The van der Waals surface area contributed by atoms with Gasteiger partial charge in [0.25, 0.3) is 0 Å². The highest BCUT2D eigenvalue weighted by molar-refractivity contribution is 6.22. The number of hydrogen-bond acceptors (Lipinski definition) is 1. The second kappa shape index (κ2) is 12.3. The minimum Gasteiger partial charge on any atom is -0.292 e. The van der Waals surface area contributed by atoms with E-state index in [1.54, 1.807) is 0 Å². The Hall–Kier alpha value is -5.99. The first-order valence-electron chi connectivity index (χ1n) is 18.7. The summed E-state index contributed by atoms with van der Waals surface area (Å²) in [6.45, 7) is 13.9. The molecule has 53 heavy (non-hydrogen) atoms. The molecule has 0 unspecified atom stereocenters. The molecule has 8 aromatic carbocycles. The van der Waals surface area contributed by atoms with Crippen molar-refractivity contribution in [1.82, 2.24) is 9.55 Å². The van der Waals surface area contributed by atoms with E-state index in [4.69, 9.17) is 4.98 Å². The summed E-state index contributed by atoms with van der Waals surface area (Å²) < 4.78 is 2.29. The van der Waals surface area contributed by atoms with Gasteiger partial charge in [0, 0.05) is 11.3 Å². The van der Waals surface area contributed by atoms with Gasteiger partial charge >= 0.3 is 0 Å². The highest BCUT2D eigenvalue weighted by Gasteiger charge is 2.23. The van der Waals surface area contributed by atoms with Crippen LogP contribution in [0.5, 0.6) is 0 Å². The lowest BCUT2D eigenvalue weighted by Crippen LogP contribution is -2.11. The third-order valence-corrected chi connectivity index (χ3v) is 10.9. The molecule has 0 N–H and O–H groups in total. The quantitative estimate of drug-likeness (QED) is 0.169. The smallest absolute Gasteiger partial charge is 0.145 e. The topological polar surface area (TPSA) is 17.8 Å². The number of aromatic nitrogens is 2. The molecule has 0 aliphatic heterocycles. The first kappa shape index (κ1) is 32.9. The lowest BCUT2D eigenvalue weighted by Gasteiger charge is -2.25. The molecule has 0 aliphatic rings. The Morgan fingerprint density at radius 1 is 0.415 bits per heavy atom. The van der Waals surface area contributed by atoms with E-state index in [2.05, 4.69) is 204 Å². The van der Waals surface area contributed by atoms with Gasteiger partial charge in [-0.05, 0) is 119 Å². The summed E-state index contributed by atoms with van der Waals surface area (Å²) in [6.07, 6.45) is 0. The van der Waals surface area contributed by atoms with Gasteiger partial charge in [0.2, 0.25) is 0 Å². The van der Waals surface area contributed by atoms with E-state index in [0.29, 0.717) is 0 Å². The Balaban J connectivity index is 1.33. The highest BCUT2D eigenvalue weighted by Crippen LogP contribution is 2.46. The highest BCUT2D eigenvalue weighted by atomic mass is 15.1. The number of fused-ring (bicyclic) bond motifs is 4. The summed E-state index contributed by atoms with van der Waals surface area (Å²) in [4.78, 5) is 5.10. The van der Waals surface area contributed by atoms with E-state index in [-0.39, 0.29) is 10.8 Å². The van der Waals surface area contributed by atoms with Crippen molar-refractivity contribution in [3.63, 3.8) is 0 Å². The molecule has 0 spiro atoms. The number of nitrogens with zero attached hydrogens (tertiary/aromatic N) is 2. The fraction of sp³-hybridized carbons (Fsp3) is 0.157. The molecule has 2 heteroatoms. The van der Waals surface area contributed by atoms with Crippen LogP contribution in [0.2, 0.25) is 0 Å². The van der Waals surface area contributed by atoms with Crippen molar-refractivity contribution in [3.8, 4) is 39.3 Å². The van der Waals surface area contributed by atoms with Crippen LogP contribution in [0.3, 0.4) is 0 Å². The summed E-state index contributed by atoms with van der Waals surface area (Å²) in [7, 11) is 0. The van der Waals surface area contributed by atoms with Gasteiger partial charge in [0.1, 0.15) is 5.82 Å². The lowest BCUT2D eigenvalue weighted by atomic mass is 9.79. The molecule has 2 nitrogen and oxygen atoms in total. The zero-order valence-electron chi connectivity index (χ0n) is 31.4. The summed E-state index contributed by atoms with van der Waals surface area (Å²) in [5, 5.41) is 7.62. The molecule has 0 radical (unpaired) electrons. The minimum absolute atomic E-state index is 0.000201. The number of benzene rings is 8. The molecule has 0 saturated carbocycles. The SMILES string of the molecule is CC(C)(C)c1ccc2c(-c3ccc4ccccc4c3)c3cc(C(C)(C)C)ccc3c(-c3ccc(-n4c(-c5ccccc5)nc5ccccc54)cc3)c2c1. The second-order valence-corrected chi connectivity index (χ2v) is 16.5. The number of imidazole rings is 1. The maximum absolute atomic E-state index is 5.10. The van der Waals surface area contributed by atoms with E-state index in [1.165, 1.54) is 65.7 Å². The summed E-state index contributed by atoms with van der Waals surface area (Å²) in [5.74, 6) is 0.944. The van der Waals surface area contributed by atoms with Crippen LogP contribution in [0.1, 0.15) is 52.7 Å². The van der Waals surface area contributed by atoms with E-state index in [1.807, 2.05) is 0 Å².